The zero-order valence-electron chi connectivity index (χ0n) is 21.6. The molecule has 0 saturated heterocycles. The minimum absolute atomic E-state index is 0.123. The van der Waals surface area contributed by atoms with Crippen molar-refractivity contribution in [1.82, 2.24) is 10.2 Å². The van der Waals surface area contributed by atoms with Gasteiger partial charge in [0.25, 0.3) is 0 Å². The van der Waals surface area contributed by atoms with E-state index in [1.165, 1.54) is 4.90 Å². The van der Waals surface area contributed by atoms with E-state index < -0.39 is 11.7 Å². The molecule has 6 heteroatoms. The highest BCUT2D eigenvalue weighted by Crippen LogP contribution is 2.21. The molecule has 0 aliphatic rings. The lowest BCUT2D eigenvalue weighted by atomic mass is 9.98. The summed E-state index contributed by atoms with van der Waals surface area (Å²) >= 11 is 0. The Kier molecular flexibility index (Phi) is 9.51. The van der Waals surface area contributed by atoms with Gasteiger partial charge in [-0.15, -0.1) is 0 Å². The van der Waals surface area contributed by atoms with Crippen molar-refractivity contribution in [2.24, 2.45) is 0 Å². The Balaban J connectivity index is 1.58. The highest BCUT2D eigenvalue weighted by molar-refractivity contribution is 5.77. The van der Waals surface area contributed by atoms with E-state index in [4.69, 9.17) is 9.47 Å². The van der Waals surface area contributed by atoms with E-state index in [-0.39, 0.29) is 24.9 Å². The molecule has 0 saturated carbocycles. The second-order valence-corrected chi connectivity index (χ2v) is 9.81. The molecule has 6 nitrogen and oxygen atoms in total. The van der Waals surface area contributed by atoms with E-state index in [0.717, 1.165) is 22.4 Å². The van der Waals surface area contributed by atoms with E-state index in [2.05, 4.69) is 5.32 Å². The second kappa shape index (κ2) is 12.8. The van der Waals surface area contributed by atoms with Crippen molar-refractivity contribution >= 4 is 12.0 Å². The molecule has 3 rings (SSSR count). The molecule has 0 heterocycles. The molecule has 0 aromatic heterocycles. The van der Waals surface area contributed by atoms with Gasteiger partial charge in [0.15, 0.2) is 0 Å². The van der Waals surface area contributed by atoms with Crippen molar-refractivity contribution in [3.8, 4) is 5.75 Å². The number of hydrogen-bond donors (Lipinski definition) is 1. The van der Waals surface area contributed by atoms with Crippen LogP contribution in [-0.2, 0) is 22.6 Å². The summed E-state index contributed by atoms with van der Waals surface area (Å²) in [5.74, 6) is 0.676. The van der Waals surface area contributed by atoms with Crippen LogP contribution in [0, 0.1) is 0 Å². The molecule has 3 aromatic rings. The van der Waals surface area contributed by atoms with E-state index in [9.17, 15) is 9.59 Å². The Morgan fingerprint density at radius 3 is 2.08 bits per heavy atom. The van der Waals surface area contributed by atoms with Crippen LogP contribution >= 0.6 is 0 Å². The SMILES string of the molecule is CN(CCC(=O)N[C@@H](Cc1ccc(OCc2ccccc2)cc1)c1ccccc1)C(=O)OC(C)(C)C. The third-order valence-electron chi connectivity index (χ3n) is 5.53. The van der Waals surface area contributed by atoms with Crippen LogP contribution in [0.3, 0.4) is 0 Å². The lowest BCUT2D eigenvalue weighted by molar-refractivity contribution is -0.122. The molecular weight excluding hydrogens is 452 g/mol. The Hall–Kier alpha value is -3.80. The third kappa shape index (κ3) is 9.10. The van der Waals surface area contributed by atoms with Crippen molar-refractivity contribution in [3.63, 3.8) is 0 Å². The first-order chi connectivity index (χ1) is 17.2. The van der Waals surface area contributed by atoms with E-state index in [1.807, 2.05) is 106 Å². The Morgan fingerprint density at radius 1 is 0.861 bits per heavy atom. The van der Waals surface area contributed by atoms with Crippen LogP contribution in [-0.4, -0.2) is 36.1 Å². The standard InChI is InChI=1S/C30H36N2O4/c1-30(2,3)36-29(34)32(4)20-19-28(33)31-27(25-13-9-6-10-14-25)21-23-15-17-26(18-16-23)35-22-24-11-7-5-8-12-24/h5-18,27H,19-22H2,1-4H3,(H,31,33)/t27-/m0/s1. The molecule has 0 bridgehead atoms. The minimum atomic E-state index is -0.575. The predicted octanol–water partition coefficient (Wildman–Crippen LogP) is 5.92. The Bertz CT molecular complexity index is 1090. The average molecular weight is 489 g/mol. The highest BCUT2D eigenvalue weighted by atomic mass is 16.6. The molecule has 3 aromatic carbocycles. The van der Waals surface area contributed by atoms with E-state index in [0.29, 0.717) is 13.0 Å². The molecule has 0 spiro atoms. The number of nitrogens with zero attached hydrogens (tertiary/aromatic N) is 1. The fraction of sp³-hybridized carbons (Fsp3) is 0.333. The van der Waals surface area contributed by atoms with Gasteiger partial charge >= 0.3 is 6.09 Å². The zero-order valence-corrected chi connectivity index (χ0v) is 21.6. The smallest absolute Gasteiger partial charge is 0.410 e. The maximum Gasteiger partial charge on any atom is 0.410 e. The van der Waals surface area contributed by atoms with E-state index >= 15 is 0 Å². The van der Waals surface area contributed by atoms with Crippen LogP contribution in [0.25, 0.3) is 0 Å². The molecular formula is C30H36N2O4. The fourth-order valence-corrected chi connectivity index (χ4v) is 3.60. The van der Waals surface area contributed by atoms with Crippen LogP contribution in [0.1, 0.15) is 49.9 Å². The molecule has 0 aliphatic carbocycles. The minimum Gasteiger partial charge on any atom is -0.489 e. The van der Waals surface area contributed by atoms with Crippen molar-refractivity contribution in [1.29, 1.82) is 0 Å². The first kappa shape index (κ1) is 26.8. The summed E-state index contributed by atoms with van der Waals surface area (Å²) in [4.78, 5) is 26.4. The van der Waals surface area contributed by atoms with Crippen molar-refractivity contribution < 1.29 is 19.1 Å². The molecule has 0 fully saturated rings. The summed E-state index contributed by atoms with van der Waals surface area (Å²) in [5.41, 5.74) is 2.65. The van der Waals surface area contributed by atoms with Gasteiger partial charge in [-0.2, -0.15) is 0 Å². The summed E-state index contributed by atoms with van der Waals surface area (Å²) in [6, 6.07) is 27.7. The molecule has 36 heavy (non-hydrogen) atoms. The summed E-state index contributed by atoms with van der Waals surface area (Å²) in [5, 5.41) is 3.14. The monoisotopic (exact) mass is 488 g/mol. The molecule has 1 atom stereocenters. The lowest BCUT2D eigenvalue weighted by Gasteiger charge is -2.25. The highest BCUT2D eigenvalue weighted by Gasteiger charge is 2.21. The van der Waals surface area contributed by atoms with Crippen molar-refractivity contribution in [2.45, 2.75) is 51.9 Å². The lowest BCUT2D eigenvalue weighted by Crippen LogP contribution is -2.37. The number of carbonyl (C=O) groups excluding carboxylic acids is 2. The summed E-state index contributed by atoms with van der Waals surface area (Å²) < 4.78 is 11.3. The van der Waals surface area contributed by atoms with Crippen LogP contribution < -0.4 is 10.1 Å². The van der Waals surface area contributed by atoms with Gasteiger partial charge in [-0.3, -0.25) is 4.79 Å². The number of rotatable bonds is 10. The first-order valence-corrected chi connectivity index (χ1v) is 12.2. The largest absolute Gasteiger partial charge is 0.489 e. The van der Waals surface area contributed by atoms with Crippen LogP contribution in [0.15, 0.2) is 84.9 Å². The van der Waals surface area contributed by atoms with E-state index in [1.54, 1.807) is 7.05 Å². The molecule has 190 valence electrons. The molecule has 1 N–H and O–H groups in total. The van der Waals surface area contributed by atoms with Gasteiger partial charge in [0.1, 0.15) is 18.0 Å². The summed E-state index contributed by atoms with van der Waals surface area (Å²) in [6.07, 6.45) is 0.381. The quantitative estimate of drug-likeness (QED) is 0.385. The Morgan fingerprint density at radius 2 is 1.47 bits per heavy atom. The number of benzene rings is 3. The van der Waals surface area contributed by atoms with Crippen LogP contribution in [0.2, 0.25) is 0 Å². The van der Waals surface area contributed by atoms with Gasteiger partial charge in [-0.1, -0.05) is 72.8 Å². The van der Waals surface area contributed by atoms with Gasteiger partial charge in [-0.25, -0.2) is 4.79 Å². The molecule has 0 aliphatic heterocycles. The summed E-state index contributed by atoms with van der Waals surface area (Å²) in [6.45, 7) is 6.24. The van der Waals surface area contributed by atoms with Crippen LogP contribution in [0.5, 0.6) is 5.75 Å². The molecule has 0 radical (unpaired) electrons. The number of nitrogens with one attached hydrogen (secondary N) is 1. The van der Waals surface area contributed by atoms with Crippen LogP contribution in [0.4, 0.5) is 4.79 Å². The third-order valence-corrected chi connectivity index (χ3v) is 5.53. The zero-order chi connectivity index (χ0) is 26.0. The molecule has 0 unspecified atom stereocenters. The maximum absolute atomic E-state index is 12.8. The number of amides is 2. The molecule has 2 amide bonds. The van der Waals surface area contributed by atoms with Gasteiger partial charge in [0.05, 0.1) is 6.04 Å². The normalized spacial score (nSPS) is 11.9. The topological polar surface area (TPSA) is 67.9 Å². The summed E-state index contributed by atoms with van der Waals surface area (Å²) in [7, 11) is 1.64. The number of carbonyl (C=O) groups is 2. The second-order valence-electron chi connectivity index (χ2n) is 9.81. The average Bonchev–Trinajstić information content (AvgIpc) is 2.86. The fourth-order valence-electron chi connectivity index (χ4n) is 3.60. The van der Waals surface area contributed by atoms with Gasteiger partial charge in [-0.05, 0) is 56.0 Å². The van der Waals surface area contributed by atoms with Crippen molar-refractivity contribution in [2.75, 3.05) is 13.6 Å². The number of ether oxygens (including phenoxy) is 2. The van der Waals surface area contributed by atoms with Crippen molar-refractivity contribution in [3.05, 3.63) is 102 Å². The maximum atomic E-state index is 12.8. The first-order valence-electron chi connectivity index (χ1n) is 12.2. The van der Waals surface area contributed by atoms with Gasteiger partial charge < -0.3 is 19.7 Å². The number of hydrogen-bond acceptors (Lipinski definition) is 4. The van der Waals surface area contributed by atoms with Gasteiger partial charge in [0, 0.05) is 20.0 Å². The predicted molar refractivity (Wildman–Crippen MR) is 142 cm³/mol. The Labute approximate surface area is 214 Å². The van der Waals surface area contributed by atoms with Gasteiger partial charge in [0.2, 0.25) is 5.91 Å².